The quantitative estimate of drug-likeness (QED) is 0.661. The maximum absolute atomic E-state index is 12.7. The molecule has 29 heavy (non-hydrogen) atoms. The monoisotopic (exact) mass is 429 g/mol. The number of benzene rings is 2. The third kappa shape index (κ3) is 4.32. The second-order valence-corrected chi connectivity index (χ2v) is 8.03. The van der Waals surface area contributed by atoms with Crippen LogP contribution < -0.4 is 11.2 Å². The zero-order valence-corrected chi connectivity index (χ0v) is 17.3. The van der Waals surface area contributed by atoms with E-state index in [1.54, 1.807) is 18.2 Å². The Morgan fingerprint density at radius 2 is 1.79 bits per heavy atom. The molecule has 2 aromatic carbocycles. The van der Waals surface area contributed by atoms with Crippen molar-refractivity contribution in [2.24, 2.45) is 0 Å². The summed E-state index contributed by atoms with van der Waals surface area (Å²) in [5.41, 5.74) is 2.23. The van der Waals surface area contributed by atoms with Gasteiger partial charge < -0.3 is 4.98 Å². The first-order chi connectivity index (χ1) is 14.0. The average molecular weight is 430 g/mol. The smallest absolute Gasteiger partial charge is 0.305 e. The van der Waals surface area contributed by atoms with Gasteiger partial charge in [0.15, 0.2) is 0 Å². The van der Waals surface area contributed by atoms with E-state index in [0.717, 1.165) is 37.5 Å². The van der Waals surface area contributed by atoms with E-state index in [0.29, 0.717) is 22.5 Å². The molecule has 0 aliphatic carbocycles. The van der Waals surface area contributed by atoms with Crippen LogP contribution in [0.25, 0.3) is 16.5 Å². The second-order valence-electron chi connectivity index (χ2n) is 7.19. The highest BCUT2D eigenvalue weighted by Gasteiger charge is 2.14. The molecule has 1 aliphatic heterocycles. The zero-order valence-electron chi connectivity index (χ0n) is 15.8. The average Bonchev–Trinajstić information content (AvgIpc) is 2.72. The molecule has 0 saturated carbocycles. The number of fused-ring (bicyclic) bond motifs is 1. The van der Waals surface area contributed by atoms with E-state index in [1.807, 2.05) is 12.1 Å². The van der Waals surface area contributed by atoms with Crippen LogP contribution in [0.1, 0.15) is 18.4 Å². The minimum Gasteiger partial charge on any atom is -0.305 e. The van der Waals surface area contributed by atoms with Gasteiger partial charge in [0.1, 0.15) is 0 Å². The zero-order chi connectivity index (χ0) is 20.4. The molecule has 4 rings (SSSR count). The molecular weight excluding hydrogens is 409 g/mol. The fourth-order valence-corrected chi connectivity index (χ4v) is 4.09. The van der Waals surface area contributed by atoms with E-state index >= 15 is 0 Å². The first kappa shape index (κ1) is 20.0. The molecule has 5 nitrogen and oxygen atoms in total. The summed E-state index contributed by atoms with van der Waals surface area (Å²) in [4.78, 5) is 30.0. The van der Waals surface area contributed by atoms with Crippen molar-refractivity contribution in [1.29, 1.82) is 0 Å². The summed E-state index contributed by atoms with van der Waals surface area (Å²) in [6.07, 6.45) is 3.93. The van der Waals surface area contributed by atoms with Crippen molar-refractivity contribution in [3.8, 4) is 0 Å². The van der Waals surface area contributed by atoms with Gasteiger partial charge in [-0.2, -0.15) is 0 Å². The first-order valence-electron chi connectivity index (χ1n) is 9.61. The first-order valence-corrected chi connectivity index (χ1v) is 10.4. The predicted molar refractivity (Wildman–Crippen MR) is 119 cm³/mol. The Morgan fingerprint density at radius 3 is 2.52 bits per heavy atom. The third-order valence-corrected chi connectivity index (χ3v) is 5.90. The number of hydrogen-bond acceptors (Lipinski definition) is 3. The number of rotatable bonds is 5. The van der Waals surface area contributed by atoms with Gasteiger partial charge >= 0.3 is 5.69 Å². The maximum Gasteiger partial charge on any atom is 0.328 e. The highest BCUT2D eigenvalue weighted by Crippen LogP contribution is 2.23. The van der Waals surface area contributed by atoms with Gasteiger partial charge in [0.05, 0.1) is 15.9 Å². The molecule has 0 bridgehead atoms. The molecular formula is C22H21Cl2N3O2. The summed E-state index contributed by atoms with van der Waals surface area (Å²) in [5.74, 6) is 0. The second kappa shape index (κ2) is 8.57. The molecule has 2 heterocycles. The lowest BCUT2D eigenvalue weighted by Gasteiger charge is -2.26. The molecule has 7 heteroatoms. The van der Waals surface area contributed by atoms with Crippen molar-refractivity contribution >= 4 is 39.7 Å². The number of H-pyrrole nitrogens is 1. The Hall–Kier alpha value is -2.34. The van der Waals surface area contributed by atoms with Crippen molar-refractivity contribution in [3.05, 3.63) is 85.0 Å². The van der Waals surface area contributed by atoms with E-state index in [4.69, 9.17) is 23.2 Å². The fourth-order valence-electron chi connectivity index (χ4n) is 3.74. The van der Waals surface area contributed by atoms with Crippen molar-refractivity contribution in [2.45, 2.75) is 19.4 Å². The number of aromatic nitrogens is 2. The summed E-state index contributed by atoms with van der Waals surface area (Å²) in [7, 11) is 0. The van der Waals surface area contributed by atoms with Crippen LogP contribution in [0.15, 0.2) is 58.1 Å². The van der Waals surface area contributed by atoms with Crippen LogP contribution in [0, 0.1) is 0 Å². The summed E-state index contributed by atoms with van der Waals surface area (Å²) in [6, 6.07) is 13.0. The highest BCUT2D eigenvalue weighted by molar-refractivity contribution is 6.34. The van der Waals surface area contributed by atoms with Crippen LogP contribution in [0.5, 0.6) is 0 Å². The summed E-state index contributed by atoms with van der Waals surface area (Å²) in [5, 5.41) is 1.55. The molecule has 0 spiro atoms. The van der Waals surface area contributed by atoms with Crippen molar-refractivity contribution in [2.75, 3.05) is 19.6 Å². The largest absolute Gasteiger partial charge is 0.328 e. The van der Waals surface area contributed by atoms with Crippen LogP contribution >= 0.6 is 23.2 Å². The van der Waals surface area contributed by atoms with Gasteiger partial charge in [-0.1, -0.05) is 47.5 Å². The number of halogens is 2. The molecule has 1 aromatic heterocycles. The minimum atomic E-state index is -0.417. The van der Waals surface area contributed by atoms with Crippen molar-refractivity contribution in [3.63, 3.8) is 0 Å². The number of nitrogens with one attached hydrogen (secondary N) is 1. The molecule has 0 fully saturated rings. The number of para-hydroxylation sites is 1. The molecule has 0 atom stereocenters. The van der Waals surface area contributed by atoms with Gasteiger partial charge in [-0.3, -0.25) is 14.3 Å². The highest BCUT2D eigenvalue weighted by atomic mass is 35.5. The third-order valence-electron chi connectivity index (χ3n) is 5.33. The molecule has 150 valence electrons. The Kier molecular flexibility index (Phi) is 5.90. The Morgan fingerprint density at radius 1 is 1.00 bits per heavy atom. The Balaban J connectivity index is 1.39. The van der Waals surface area contributed by atoms with Crippen LogP contribution in [-0.2, 0) is 6.54 Å². The van der Waals surface area contributed by atoms with E-state index in [2.05, 4.69) is 28.1 Å². The van der Waals surface area contributed by atoms with Crippen LogP contribution in [-0.4, -0.2) is 34.1 Å². The van der Waals surface area contributed by atoms with E-state index < -0.39 is 5.69 Å². The summed E-state index contributed by atoms with van der Waals surface area (Å²) >= 11 is 12.0. The Labute approximate surface area is 178 Å². The fraction of sp³-hybridized carbons (Fsp3) is 0.273. The van der Waals surface area contributed by atoms with Crippen molar-refractivity contribution < 1.29 is 0 Å². The van der Waals surface area contributed by atoms with Gasteiger partial charge in [0.25, 0.3) is 5.56 Å². The maximum atomic E-state index is 12.7. The van der Waals surface area contributed by atoms with Crippen LogP contribution in [0.2, 0.25) is 10.0 Å². The Bertz CT molecular complexity index is 1180. The molecule has 0 radical (unpaired) electrons. The summed E-state index contributed by atoms with van der Waals surface area (Å²) < 4.78 is 1.26. The van der Waals surface area contributed by atoms with Crippen LogP contribution in [0.4, 0.5) is 0 Å². The van der Waals surface area contributed by atoms with E-state index in [-0.39, 0.29) is 5.56 Å². The van der Waals surface area contributed by atoms with Gasteiger partial charge in [-0.15, -0.1) is 0 Å². The molecule has 1 aliphatic rings. The predicted octanol–water partition coefficient (Wildman–Crippen LogP) is 4.18. The lowest BCUT2D eigenvalue weighted by molar-refractivity contribution is 0.290. The topological polar surface area (TPSA) is 58.1 Å². The van der Waals surface area contributed by atoms with Gasteiger partial charge in [-0.05, 0) is 48.2 Å². The normalized spacial score (nSPS) is 14.9. The lowest BCUT2D eigenvalue weighted by Crippen LogP contribution is -2.37. The molecule has 0 amide bonds. The molecule has 0 saturated heterocycles. The molecule has 1 N–H and O–H groups in total. The van der Waals surface area contributed by atoms with E-state index in [9.17, 15) is 9.59 Å². The van der Waals surface area contributed by atoms with E-state index in [1.165, 1.54) is 15.7 Å². The van der Waals surface area contributed by atoms with Gasteiger partial charge in [0.2, 0.25) is 0 Å². The minimum absolute atomic E-state index is 0.296. The van der Waals surface area contributed by atoms with Gasteiger partial charge in [-0.25, -0.2) is 4.79 Å². The van der Waals surface area contributed by atoms with Crippen LogP contribution in [0.3, 0.4) is 0 Å². The number of aromatic amines is 1. The standard InChI is InChI=1S/C22H21Cl2N3O2/c23-17-7-5-15(6-8-17)16-9-13-26(14-10-16)11-2-12-27-21(28)18-3-1-4-19(24)20(18)25-22(27)29/h1,3-9H,2,10-14H2,(H,25,29). The lowest BCUT2D eigenvalue weighted by atomic mass is 9.99. The summed E-state index contributed by atoms with van der Waals surface area (Å²) in [6.45, 7) is 3.01. The van der Waals surface area contributed by atoms with Gasteiger partial charge in [0, 0.05) is 31.2 Å². The number of hydrogen-bond donors (Lipinski definition) is 1. The SMILES string of the molecule is O=c1[nH]c2c(Cl)cccc2c(=O)n1CCCN1CC=C(c2ccc(Cl)cc2)CC1. The molecule has 0 unspecified atom stereocenters. The number of nitrogens with zero attached hydrogens (tertiary/aromatic N) is 2. The molecule has 3 aromatic rings. The van der Waals surface area contributed by atoms with Crippen molar-refractivity contribution in [1.82, 2.24) is 14.5 Å².